The second-order valence-corrected chi connectivity index (χ2v) is 5.89. The first-order chi connectivity index (χ1) is 12.0. The van der Waals surface area contributed by atoms with E-state index in [9.17, 15) is 4.79 Å². The number of carbonyl (C=O) groups excluding carboxylic acids is 1. The first-order valence-corrected chi connectivity index (χ1v) is 7.95. The van der Waals surface area contributed by atoms with Gasteiger partial charge in [-0.1, -0.05) is 0 Å². The summed E-state index contributed by atoms with van der Waals surface area (Å²) in [5, 5.41) is 7.15. The van der Waals surface area contributed by atoms with Crippen molar-refractivity contribution in [3.63, 3.8) is 0 Å². The minimum Gasteiger partial charge on any atom is -0.384 e. The van der Waals surface area contributed by atoms with Gasteiger partial charge in [-0.15, -0.1) is 0 Å². The van der Waals surface area contributed by atoms with Gasteiger partial charge in [0, 0.05) is 30.8 Å². The topological polar surface area (TPSA) is 98.7 Å². The number of carbonyl (C=O) groups is 1. The molecule has 1 amide bonds. The highest BCUT2D eigenvalue weighted by Crippen LogP contribution is 2.14. The second-order valence-electron chi connectivity index (χ2n) is 5.89. The van der Waals surface area contributed by atoms with Gasteiger partial charge in [0.25, 0.3) is 5.91 Å². The molecular formula is C18H20N6O. The van der Waals surface area contributed by atoms with Crippen LogP contribution in [0.3, 0.4) is 0 Å². The van der Waals surface area contributed by atoms with E-state index >= 15 is 0 Å². The van der Waals surface area contributed by atoms with E-state index in [0.29, 0.717) is 24.5 Å². The van der Waals surface area contributed by atoms with Crippen molar-refractivity contribution in [3.8, 4) is 0 Å². The highest BCUT2D eigenvalue weighted by molar-refractivity contribution is 5.93. The van der Waals surface area contributed by atoms with Gasteiger partial charge < -0.3 is 11.1 Å². The Balaban J connectivity index is 1.64. The summed E-state index contributed by atoms with van der Waals surface area (Å²) in [7, 11) is 0. The van der Waals surface area contributed by atoms with Gasteiger partial charge in [0.15, 0.2) is 0 Å². The molecule has 0 aliphatic heterocycles. The Kier molecular flexibility index (Phi) is 4.74. The van der Waals surface area contributed by atoms with Crippen LogP contribution in [0, 0.1) is 13.8 Å². The number of nitrogens with zero attached hydrogens (tertiary/aromatic N) is 4. The van der Waals surface area contributed by atoms with E-state index in [4.69, 9.17) is 5.73 Å². The maximum Gasteiger partial charge on any atom is 0.254 e. The average molecular weight is 336 g/mol. The Morgan fingerprint density at radius 1 is 1.28 bits per heavy atom. The molecule has 128 valence electrons. The number of rotatable bonds is 5. The number of nitrogens with two attached hydrogens (primary N) is 1. The van der Waals surface area contributed by atoms with Crippen molar-refractivity contribution in [3.05, 3.63) is 70.9 Å². The summed E-state index contributed by atoms with van der Waals surface area (Å²) in [6, 6.07) is 5.64. The lowest BCUT2D eigenvalue weighted by Gasteiger charge is -2.11. The van der Waals surface area contributed by atoms with Crippen LogP contribution in [0.1, 0.15) is 32.7 Å². The van der Waals surface area contributed by atoms with Crippen LogP contribution >= 0.6 is 0 Å². The van der Waals surface area contributed by atoms with Crippen LogP contribution in [0.25, 0.3) is 0 Å². The number of pyridine rings is 2. The van der Waals surface area contributed by atoms with Crippen molar-refractivity contribution in [2.45, 2.75) is 26.9 Å². The Morgan fingerprint density at radius 3 is 2.76 bits per heavy atom. The molecule has 25 heavy (non-hydrogen) atoms. The lowest BCUT2D eigenvalue weighted by molar-refractivity contribution is 0.0950. The molecule has 7 nitrogen and oxygen atoms in total. The molecule has 0 atom stereocenters. The van der Waals surface area contributed by atoms with Crippen LogP contribution in [0.2, 0.25) is 0 Å². The lowest BCUT2D eigenvalue weighted by atomic mass is 10.1. The van der Waals surface area contributed by atoms with Crippen LogP contribution in [-0.2, 0) is 13.1 Å². The van der Waals surface area contributed by atoms with E-state index in [1.807, 2.05) is 26.0 Å². The van der Waals surface area contributed by atoms with E-state index in [1.165, 1.54) is 0 Å². The number of aryl methyl sites for hydroxylation is 2. The second kappa shape index (κ2) is 7.12. The van der Waals surface area contributed by atoms with Crippen LogP contribution in [-0.4, -0.2) is 25.7 Å². The number of aromatic nitrogens is 4. The minimum atomic E-state index is -0.170. The molecule has 3 N–H and O–H groups in total. The molecule has 0 saturated carbocycles. The third-order valence-electron chi connectivity index (χ3n) is 3.99. The van der Waals surface area contributed by atoms with Gasteiger partial charge in [0.1, 0.15) is 5.82 Å². The quantitative estimate of drug-likeness (QED) is 0.741. The molecule has 0 unspecified atom stereocenters. The van der Waals surface area contributed by atoms with Crippen molar-refractivity contribution >= 4 is 11.7 Å². The third-order valence-corrected chi connectivity index (χ3v) is 3.99. The van der Waals surface area contributed by atoms with Crippen molar-refractivity contribution in [1.29, 1.82) is 0 Å². The number of hydrogen-bond donors (Lipinski definition) is 2. The summed E-state index contributed by atoms with van der Waals surface area (Å²) in [6.45, 7) is 4.84. The molecule has 0 bridgehead atoms. The number of nitrogens with one attached hydrogen (secondary N) is 1. The fourth-order valence-electron chi connectivity index (χ4n) is 2.67. The molecule has 0 spiro atoms. The monoisotopic (exact) mass is 336 g/mol. The van der Waals surface area contributed by atoms with E-state index in [0.717, 1.165) is 22.4 Å². The average Bonchev–Trinajstić information content (AvgIpc) is 3.03. The maximum atomic E-state index is 12.4. The van der Waals surface area contributed by atoms with Gasteiger partial charge in [-0.25, -0.2) is 4.98 Å². The third kappa shape index (κ3) is 4.00. The number of amides is 1. The molecule has 0 radical (unpaired) electrons. The summed E-state index contributed by atoms with van der Waals surface area (Å²) >= 11 is 0. The SMILES string of the molecule is Cc1cc(N)nc(C)c1CNC(=O)c1cnn(Cc2ccncc2)c1. The van der Waals surface area contributed by atoms with Crippen LogP contribution in [0.4, 0.5) is 5.82 Å². The standard InChI is InChI=1S/C18H20N6O/c1-12-7-17(19)23-13(2)16(12)9-21-18(25)15-8-22-24(11-15)10-14-3-5-20-6-4-14/h3-8,11H,9-10H2,1-2H3,(H2,19,23)(H,21,25). The van der Waals surface area contributed by atoms with Gasteiger partial charge in [-0.05, 0) is 48.7 Å². The number of hydrogen-bond acceptors (Lipinski definition) is 5. The molecule has 0 saturated heterocycles. The minimum absolute atomic E-state index is 0.170. The van der Waals surface area contributed by atoms with Crippen LogP contribution in [0.5, 0.6) is 0 Å². The maximum absolute atomic E-state index is 12.4. The fourth-order valence-corrected chi connectivity index (χ4v) is 2.67. The summed E-state index contributed by atoms with van der Waals surface area (Å²) in [5.41, 5.74) is 10.1. The van der Waals surface area contributed by atoms with Gasteiger partial charge in [-0.2, -0.15) is 5.10 Å². The van der Waals surface area contributed by atoms with E-state index in [1.54, 1.807) is 35.5 Å². The normalized spacial score (nSPS) is 10.6. The van der Waals surface area contributed by atoms with Crippen LogP contribution < -0.4 is 11.1 Å². The molecule has 0 aromatic carbocycles. The molecule has 3 heterocycles. The zero-order chi connectivity index (χ0) is 17.8. The molecule has 0 aliphatic rings. The van der Waals surface area contributed by atoms with Crippen molar-refractivity contribution in [2.24, 2.45) is 0 Å². The lowest BCUT2D eigenvalue weighted by Crippen LogP contribution is -2.23. The van der Waals surface area contributed by atoms with Gasteiger partial charge in [-0.3, -0.25) is 14.5 Å². The van der Waals surface area contributed by atoms with E-state index in [2.05, 4.69) is 20.4 Å². The van der Waals surface area contributed by atoms with E-state index < -0.39 is 0 Å². The Morgan fingerprint density at radius 2 is 2.04 bits per heavy atom. The smallest absolute Gasteiger partial charge is 0.254 e. The molecular weight excluding hydrogens is 316 g/mol. The predicted octanol–water partition coefficient (Wildman–Crippen LogP) is 1.85. The van der Waals surface area contributed by atoms with Gasteiger partial charge in [0.05, 0.1) is 18.3 Å². The highest BCUT2D eigenvalue weighted by Gasteiger charge is 2.11. The fraction of sp³-hybridized carbons (Fsp3) is 0.222. The van der Waals surface area contributed by atoms with Crippen LogP contribution in [0.15, 0.2) is 43.0 Å². The van der Waals surface area contributed by atoms with Crippen molar-refractivity contribution < 1.29 is 4.79 Å². The molecule has 0 aliphatic carbocycles. The summed E-state index contributed by atoms with van der Waals surface area (Å²) < 4.78 is 1.73. The summed E-state index contributed by atoms with van der Waals surface area (Å²) in [5.74, 6) is 0.319. The zero-order valence-corrected chi connectivity index (χ0v) is 14.2. The summed E-state index contributed by atoms with van der Waals surface area (Å²) in [6.07, 6.45) is 6.77. The van der Waals surface area contributed by atoms with Gasteiger partial charge >= 0.3 is 0 Å². The molecule has 0 fully saturated rings. The largest absolute Gasteiger partial charge is 0.384 e. The van der Waals surface area contributed by atoms with Crippen molar-refractivity contribution in [2.75, 3.05) is 5.73 Å². The van der Waals surface area contributed by atoms with E-state index in [-0.39, 0.29) is 5.91 Å². The molecule has 3 aromatic heterocycles. The molecule has 3 aromatic rings. The number of anilines is 1. The zero-order valence-electron chi connectivity index (χ0n) is 14.2. The van der Waals surface area contributed by atoms with Gasteiger partial charge in [0.2, 0.25) is 0 Å². The Hall–Kier alpha value is -3.22. The Bertz CT molecular complexity index is 865. The molecule has 7 heteroatoms. The summed E-state index contributed by atoms with van der Waals surface area (Å²) in [4.78, 5) is 20.6. The number of nitrogen functional groups attached to an aromatic ring is 1. The first kappa shape index (κ1) is 16.6. The Labute approximate surface area is 145 Å². The highest BCUT2D eigenvalue weighted by atomic mass is 16.1. The predicted molar refractivity (Wildman–Crippen MR) is 94.9 cm³/mol. The first-order valence-electron chi connectivity index (χ1n) is 7.95. The van der Waals surface area contributed by atoms with Crippen molar-refractivity contribution in [1.82, 2.24) is 25.1 Å². The molecule has 3 rings (SSSR count).